The number of anilines is 1. The van der Waals surface area contributed by atoms with Crippen LogP contribution in [0.5, 0.6) is 0 Å². The predicted molar refractivity (Wildman–Crippen MR) is 84.8 cm³/mol. The van der Waals surface area contributed by atoms with Crippen LogP contribution in [0.4, 0.5) is 5.69 Å². The first-order valence-electron chi connectivity index (χ1n) is 6.96. The van der Waals surface area contributed by atoms with Crippen LogP contribution in [0.3, 0.4) is 0 Å². The molecule has 0 spiro atoms. The van der Waals surface area contributed by atoms with Gasteiger partial charge in [0.2, 0.25) is 0 Å². The molecular formula is C15H25ClN2O2. The number of benzene rings is 1. The van der Waals surface area contributed by atoms with Crippen molar-refractivity contribution in [2.24, 2.45) is 0 Å². The molecule has 0 aliphatic heterocycles. The van der Waals surface area contributed by atoms with Gasteiger partial charge >= 0.3 is 0 Å². The van der Waals surface area contributed by atoms with E-state index in [0.717, 1.165) is 56.5 Å². The maximum absolute atomic E-state index is 5.96. The third-order valence-electron chi connectivity index (χ3n) is 3.02. The summed E-state index contributed by atoms with van der Waals surface area (Å²) in [4.78, 5) is 2.38. The monoisotopic (exact) mass is 300 g/mol. The van der Waals surface area contributed by atoms with Crippen LogP contribution < -0.4 is 5.32 Å². The molecule has 0 heterocycles. The molecular weight excluding hydrogens is 276 g/mol. The standard InChI is InChI=1S/C15H25ClN2O2/c1-19-11-4-8-18(10-12-20-2)9-7-17-15-6-3-5-14(16)13-15/h3,5-6,13,17H,4,7-12H2,1-2H3. The molecule has 1 N–H and O–H groups in total. The normalized spacial score (nSPS) is 11.0. The molecule has 0 saturated carbocycles. The number of hydrogen-bond acceptors (Lipinski definition) is 4. The number of methoxy groups -OCH3 is 2. The molecule has 0 amide bonds. The summed E-state index contributed by atoms with van der Waals surface area (Å²) in [5, 5.41) is 4.14. The Kier molecular flexibility index (Phi) is 9.41. The highest BCUT2D eigenvalue weighted by atomic mass is 35.5. The van der Waals surface area contributed by atoms with Gasteiger partial charge in [0, 0.05) is 57.7 Å². The van der Waals surface area contributed by atoms with E-state index in [1.807, 2.05) is 24.3 Å². The van der Waals surface area contributed by atoms with Gasteiger partial charge in [-0.2, -0.15) is 0 Å². The zero-order valence-corrected chi connectivity index (χ0v) is 13.2. The lowest BCUT2D eigenvalue weighted by Gasteiger charge is -2.22. The maximum atomic E-state index is 5.96. The first-order chi connectivity index (χ1) is 9.76. The second kappa shape index (κ2) is 10.9. The van der Waals surface area contributed by atoms with Crippen LogP contribution in [0.2, 0.25) is 5.02 Å². The maximum Gasteiger partial charge on any atom is 0.0589 e. The highest BCUT2D eigenvalue weighted by molar-refractivity contribution is 6.30. The van der Waals surface area contributed by atoms with E-state index in [9.17, 15) is 0 Å². The van der Waals surface area contributed by atoms with Crippen molar-refractivity contribution in [3.8, 4) is 0 Å². The average Bonchev–Trinajstić information content (AvgIpc) is 2.44. The van der Waals surface area contributed by atoms with Crippen molar-refractivity contribution in [3.05, 3.63) is 29.3 Å². The minimum Gasteiger partial charge on any atom is -0.385 e. The molecule has 114 valence electrons. The molecule has 0 atom stereocenters. The summed E-state index contributed by atoms with van der Waals surface area (Å²) in [6.07, 6.45) is 1.04. The molecule has 0 bridgehead atoms. The Hall–Kier alpha value is -0.810. The number of rotatable bonds is 11. The first-order valence-corrected chi connectivity index (χ1v) is 7.33. The SMILES string of the molecule is COCCCN(CCNc1cccc(Cl)c1)CCOC. The summed E-state index contributed by atoms with van der Waals surface area (Å²) in [5.41, 5.74) is 1.06. The molecule has 0 saturated heterocycles. The van der Waals surface area contributed by atoms with Crippen LogP contribution in [0, 0.1) is 0 Å². The smallest absolute Gasteiger partial charge is 0.0589 e. The summed E-state index contributed by atoms with van der Waals surface area (Å²) >= 11 is 5.96. The van der Waals surface area contributed by atoms with E-state index in [2.05, 4.69) is 10.2 Å². The fourth-order valence-corrected chi connectivity index (χ4v) is 2.14. The van der Waals surface area contributed by atoms with Gasteiger partial charge in [0.05, 0.1) is 6.61 Å². The van der Waals surface area contributed by atoms with Gasteiger partial charge in [-0.3, -0.25) is 4.90 Å². The van der Waals surface area contributed by atoms with E-state index in [4.69, 9.17) is 21.1 Å². The van der Waals surface area contributed by atoms with Crippen LogP contribution in [-0.2, 0) is 9.47 Å². The summed E-state index contributed by atoms with van der Waals surface area (Å²) in [6, 6.07) is 7.79. The van der Waals surface area contributed by atoms with Gasteiger partial charge in [-0.1, -0.05) is 17.7 Å². The molecule has 0 radical (unpaired) electrons. The molecule has 4 nitrogen and oxygen atoms in total. The number of nitrogens with one attached hydrogen (secondary N) is 1. The number of ether oxygens (including phenoxy) is 2. The van der Waals surface area contributed by atoms with Crippen LogP contribution in [0.15, 0.2) is 24.3 Å². The molecule has 20 heavy (non-hydrogen) atoms. The zero-order chi connectivity index (χ0) is 14.6. The van der Waals surface area contributed by atoms with E-state index in [1.165, 1.54) is 0 Å². The molecule has 0 fully saturated rings. The second-order valence-corrected chi connectivity index (χ2v) is 5.05. The molecule has 0 unspecified atom stereocenters. The highest BCUT2D eigenvalue weighted by Crippen LogP contribution is 2.14. The Balaban J connectivity index is 2.29. The van der Waals surface area contributed by atoms with Gasteiger partial charge in [-0.05, 0) is 24.6 Å². The Morgan fingerprint density at radius 1 is 1.10 bits per heavy atom. The van der Waals surface area contributed by atoms with Crippen molar-refractivity contribution in [1.29, 1.82) is 0 Å². The predicted octanol–water partition coefficient (Wildman–Crippen LogP) is 2.74. The van der Waals surface area contributed by atoms with Crippen molar-refractivity contribution in [2.45, 2.75) is 6.42 Å². The van der Waals surface area contributed by atoms with E-state index in [1.54, 1.807) is 14.2 Å². The van der Waals surface area contributed by atoms with Gasteiger partial charge in [-0.25, -0.2) is 0 Å². The largest absolute Gasteiger partial charge is 0.385 e. The van der Waals surface area contributed by atoms with Gasteiger partial charge in [0.15, 0.2) is 0 Å². The zero-order valence-electron chi connectivity index (χ0n) is 12.4. The van der Waals surface area contributed by atoms with E-state index >= 15 is 0 Å². The lowest BCUT2D eigenvalue weighted by molar-refractivity contribution is 0.135. The Labute approximate surface area is 127 Å². The molecule has 0 aliphatic carbocycles. The molecule has 1 rings (SSSR count). The minimum atomic E-state index is 0.754. The van der Waals surface area contributed by atoms with E-state index in [-0.39, 0.29) is 0 Å². The third-order valence-corrected chi connectivity index (χ3v) is 3.25. The lowest BCUT2D eigenvalue weighted by Crippen LogP contribution is -2.33. The summed E-state index contributed by atoms with van der Waals surface area (Å²) < 4.78 is 10.2. The number of hydrogen-bond donors (Lipinski definition) is 1. The van der Waals surface area contributed by atoms with Crippen LogP contribution in [0.1, 0.15) is 6.42 Å². The van der Waals surface area contributed by atoms with Crippen LogP contribution in [-0.4, -0.2) is 58.5 Å². The second-order valence-electron chi connectivity index (χ2n) is 4.62. The Morgan fingerprint density at radius 3 is 2.60 bits per heavy atom. The van der Waals surface area contributed by atoms with Gasteiger partial charge in [-0.15, -0.1) is 0 Å². The van der Waals surface area contributed by atoms with Crippen molar-refractivity contribution in [3.63, 3.8) is 0 Å². The topological polar surface area (TPSA) is 33.7 Å². The van der Waals surface area contributed by atoms with E-state index in [0.29, 0.717) is 0 Å². The Morgan fingerprint density at radius 2 is 1.90 bits per heavy atom. The lowest BCUT2D eigenvalue weighted by atomic mass is 10.3. The fraction of sp³-hybridized carbons (Fsp3) is 0.600. The minimum absolute atomic E-state index is 0.754. The van der Waals surface area contributed by atoms with Gasteiger partial charge in [0.1, 0.15) is 0 Å². The van der Waals surface area contributed by atoms with Crippen LogP contribution in [0.25, 0.3) is 0 Å². The molecule has 0 aliphatic rings. The molecule has 1 aromatic rings. The van der Waals surface area contributed by atoms with Crippen molar-refractivity contribution < 1.29 is 9.47 Å². The number of nitrogens with zero attached hydrogens (tertiary/aromatic N) is 1. The summed E-state index contributed by atoms with van der Waals surface area (Å²) in [6.45, 7) is 5.37. The Bertz CT molecular complexity index is 363. The average molecular weight is 301 g/mol. The van der Waals surface area contributed by atoms with Crippen molar-refractivity contribution >= 4 is 17.3 Å². The van der Waals surface area contributed by atoms with Gasteiger partial charge < -0.3 is 14.8 Å². The molecule has 1 aromatic carbocycles. The van der Waals surface area contributed by atoms with Crippen LogP contribution >= 0.6 is 11.6 Å². The summed E-state index contributed by atoms with van der Waals surface area (Å²) in [5.74, 6) is 0. The summed E-state index contributed by atoms with van der Waals surface area (Å²) in [7, 11) is 3.47. The highest BCUT2D eigenvalue weighted by Gasteiger charge is 2.04. The van der Waals surface area contributed by atoms with Crippen molar-refractivity contribution in [1.82, 2.24) is 4.90 Å². The third kappa shape index (κ3) is 7.70. The number of halogens is 1. The fourth-order valence-electron chi connectivity index (χ4n) is 1.95. The van der Waals surface area contributed by atoms with E-state index < -0.39 is 0 Å². The first kappa shape index (κ1) is 17.2. The molecule has 0 aromatic heterocycles. The van der Waals surface area contributed by atoms with Gasteiger partial charge in [0.25, 0.3) is 0 Å². The van der Waals surface area contributed by atoms with Crippen molar-refractivity contribution in [2.75, 3.05) is 58.9 Å². The molecule has 5 heteroatoms. The quantitative estimate of drug-likeness (QED) is 0.637.